The Morgan fingerprint density at radius 2 is 1.88 bits per heavy atom. The van der Waals surface area contributed by atoms with Crippen molar-refractivity contribution >= 4 is 5.91 Å². The number of carbonyl (C=O) groups is 1. The van der Waals surface area contributed by atoms with Gasteiger partial charge in [0.15, 0.2) is 0 Å². The number of hydrogen-bond acceptors (Lipinski definition) is 4. The van der Waals surface area contributed by atoms with Gasteiger partial charge in [-0.15, -0.1) is 0 Å². The number of pyridine rings is 1. The maximum atomic E-state index is 12.1. The van der Waals surface area contributed by atoms with Crippen molar-refractivity contribution in [2.24, 2.45) is 0 Å². The summed E-state index contributed by atoms with van der Waals surface area (Å²) in [7, 11) is 0. The van der Waals surface area contributed by atoms with Crippen molar-refractivity contribution in [2.75, 3.05) is 0 Å². The summed E-state index contributed by atoms with van der Waals surface area (Å²) < 4.78 is 0. The number of nitrogens with one attached hydrogen (secondary N) is 1. The summed E-state index contributed by atoms with van der Waals surface area (Å²) in [5.41, 5.74) is 0.770. The second-order valence-electron chi connectivity index (χ2n) is 6.76. The number of carbonyl (C=O) groups excluding carboxylic acids is 1. The molecule has 5 heteroatoms. The molecule has 0 bridgehead atoms. The van der Waals surface area contributed by atoms with E-state index in [-0.39, 0.29) is 17.7 Å². The average molecular weight is 340 g/mol. The largest absolute Gasteiger partial charge is 0.506 e. The number of rotatable bonds is 5. The molecular formula is C20H24N2O3. The normalized spacial score (nSPS) is 23.2. The average Bonchev–Trinajstić information content (AvgIpc) is 2.63. The third-order valence-electron chi connectivity index (χ3n) is 4.89. The van der Waals surface area contributed by atoms with Crippen LogP contribution in [0.3, 0.4) is 0 Å². The van der Waals surface area contributed by atoms with Gasteiger partial charge in [0.25, 0.3) is 0 Å². The van der Waals surface area contributed by atoms with Crippen LogP contribution in [0.4, 0.5) is 0 Å². The predicted molar refractivity (Wildman–Crippen MR) is 95.0 cm³/mol. The number of aromatic hydroxyl groups is 1. The topological polar surface area (TPSA) is 82.5 Å². The van der Waals surface area contributed by atoms with E-state index in [0.717, 1.165) is 24.8 Å². The van der Waals surface area contributed by atoms with Crippen LogP contribution in [0.15, 0.2) is 48.7 Å². The van der Waals surface area contributed by atoms with Gasteiger partial charge in [-0.3, -0.25) is 9.78 Å². The van der Waals surface area contributed by atoms with Crippen molar-refractivity contribution in [3.8, 4) is 5.75 Å². The van der Waals surface area contributed by atoms with Gasteiger partial charge in [-0.25, -0.2) is 0 Å². The van der Waals surface area contributed by atoms with Gasteiger partial charge in [-0.05, 0) is 49.8 Å². The zero-order valence-electron chi connectivity index (χ0n) is 14.2. The summed E-state index contributed by atoms with van der Waals surface area (Å²) in [6, 6.07) is 13.3. The molecule has 3 rings (SSSR count). The highest BCUT2D eigenvalue weighted by Crippen LogP contribution is 2.36. The van der Waals surface area contributed by atoms with E-state index in [1.807, 2.05) is 30.3 Å². The minimum Gasteiger partial charge on any atom is -0.506 e. The smallest absolute Gasteiger partial charge is 0.220 e. The van der Waals surface area contributed by atoms with Gasteiger partial charge in [0.2, 0.25) is 5.91 Å². The van der Waals surface area contributed by atoms with Crippen LogP contribution in [0.2, 0.25) is 0 Å². The highest BCUT2D eigenvalue weighted by atomic mass is 16.3. The Morgan fingerprint density at radius 3 is 2.52 bits per heavy atom. The summed E-state index contributed by atoms with van der Waals surface area (Å²) in [6.07, 6.45) is 5.10. The maximum Gasteiger partial charge on any atom is 0.220 e. The first-order valence-corrected chi connectivity index (χ1v) is 8.76. The number of aromatic nitrogens is 1. The summed E-state index contributed by atoms with van der Waals surface area (Å²) in [6.45, 7) is 0. The summed E-state index contributed by atoms with van der Waals surface area (Å²) >= 11 is 0. The van der Waals surface area contributed by atoms with E-state index in [1.54, 1.807) is 6.07 Å². The molecule has 0 unspecified atom stereocenters. The van der Waals surface area contributed by atoms with E-state index < -0.39 is 5.60 Å². The second-order valence-corrected chi connectivity index (χ2v) is 6.76. The van der Waals surface area contributed by atoms with Crippen molar-refractivity contribution in [3.05, 3.63) is 59.9 Å². The molecule has 1 aliphatic carbocycles. The molecular weight excluding hydrogens is 316 g/mol. The van der Waals surface area contributed by atoms with Crippen LogP contribution in [0.5, 0.6) is 5.75 Å². The van der Waals surface area contributed by atoms with Crippen molar-refractivity contribution in [1.29, 1.82) is 0 Å². The van der Waals surface area contributed by atoms with Crippen LogP contribution in [-0.2, 0) is 16.8 Å². The number of benzene rings is 1. The van der Waals surface area contributed by atoms with E-state index >= 15 is 0 Å². The molecule has 1 amide bonds. The molecule has 1 heterocycles. The highest BCUT2D eigenvalue weighted by molar-refractivity contribution is 5.76. The second kappa shape index (κ2) is 7.66. The molecule has 1 aromatic heterocycles. The van der Waals surface area contributed by atoms with E-state index in [4.69, 9.17) is 0 Å². The molecule has 0 aliphatic heterocycles. The van der Waals surface area contributed by atoms with Gasteiger partial charge in [0.05, 0.1) is 11.9 Å². The van der Waals surface area contributed by atoms with Crippen molar-refractivity contribution in [2.45, 2.75) is 50.2 Å². The highest BCUT2D eigenvalue weighted by Gasteiger charge is 2.36. The molecule has 1 aliphatic rings. The van der Waals surface area contributed by atoms with Crippen molar-refractivity contribution < 1.29 is 15.0 Å². The molecule has 0 radical (unpaired) electrons. The first-order valence-electron chi connectivity index (χ1n) is 8.76. The van der Waals surface area contributed by atoms with Gasteiger partial charge in [0.1, 0.15) is 11.4 Å². The SMILES string of the molecule is O=C(CCc1ccccc1)NC1CCC(O)(c2ccc(O)cn2)CC1. The monoisotopic (exact) mass is 340 g/mol. The fraction of sp³-hybridized carbons (Fsp3) is 0.400. The molecule has 0 saturated heterocycles. The minimum atomic E-state index is -0.973. The molecule has 132 valence electrons. The van der Waals surface area contributed by atoms with Crippen LogP contribution in [0.25, 0.3) is 0 Å². The Kier molecular flexibility index (Phi) is 5.34. The summed E-state index contributed by atoms with van der Waals surface area (Å²) in [5, 5.41) is 23.2. The summed E-state index contributed by atoms with van der Waals surface area (Å²) in [5.74, 6) is 0.147. The van der Waals surface area contributed by atoms with Gasteiger partial charge in [-0.1, -0.05) is 30.3 Å². The van der Waals surface area contributed by atoms with E-state index in [1.165, 1.54) is 12.3 Å². The number of aryl methyl sites for hydroxylation is 1. The first kappa shape index (κ1) is 17.4. The van der Waals surface area contributed by atoms with Crippen LogP contribution >= 0.6 is 0 Å². The molecule has 2 aromatic rings. The van der Waals surface area contributed by atoms with E-state index in [0.29, 0.717) is 25.0 Å². The standard InChI is InChI=1S/C20H24N2O3/c23-17-7-8-18(21-14-17)20(25)12-10-16(11-13-20)22-19(24)9-6-15-4-2-1-3-5-15/h1-5,7-8,14,16,23,25H,6,9-13H2,(H,22,24). The molecule has 3 N–H and O–H groups in total. The first-order chi connectivity index (χ1) is 12.0. The lowest BCUT2D eigenvalue weighted by Crippen LogP contribution is -2.42. The fourth-order valence-corrected chi connectivity index (χ4v) is 3.36. The Labute approximate surface area is 147 Å². The van der Waals surface area contributed by atoms with Crippen molar-refractivity contribution in [3.63, 3.8) is 0 Å². The summed E-state index contributed by atoms with van der Waals surface area (Å²) in [4.78, 5) is 16.3. The third-order valence-corrected chi connectivity index (χ3v) is 4.89. The van der Waals surface area contributed by atoms with Crippen LogP contribution in [0.1, 0.15) is 43.4 Å². The molecule has 1 fully saturated rings. The fourth-order valence-electron chi connectivity index (χ4n) is 3.36. The number of aliphatic hydroxyl groups is 1. The maximum absolute atomic E-state index is 12.1. The van der Waals surface area contributed by atoms with Gasteiger partial charge < -0.3 is 15.5 Å². The van der Waals surface area contributed by atoms with Crippen LogP contribution in [-0.4, -0.2) is 27.1 Å². The number of hydrogen-bond donors (Lipinski definition) is 3. The lowest BCUT2D eigenvalue weighted by Gasteiger charge is -2.35. The minimum absolute atomic E-state index is 0.0575. The van der Waals surface area contributed by atoms with Crippen molar-refractivity contribution in [1.82, 2.24) is 10.3 Å². The van der Waals surface area contributed by atoms with Gasteiger partial charge in [-0.2, -0.15) is 0 Å². The quantitative estimate of drug-likeness (QED) is 0.781. The zero-order valence-corrected chi connectivity index (χ0v) is 14.2. The molecule has 25 heavy (non-hydrogen) atoms. The zero-order chi connectivity index (χ0) is 17.7. The Bertz CT molecular complexity index is 693. The van der Waals surface area contributed by atoms with E-state index in [2.05, 4.69) is 10.3 Å². The molecule has 1 saturated carbocycles. The Hall–Kier alpha value is -2.40. The van der Waals surface area contributed by atoms with Crippen LogP contribution < -0.4 is 5.32 Å². The predicted octanol–water partition coefficient (Wildman–Crippen LogP) is 2.67. The lowest BCUT2D eigenvalue weighted by atomic mass is 9.80. The molecule has 0 spiro atoms. The Balaban J connectivity index is 1.47. The van der Waals surface area contributed by atoms with Gasteiger partial charge in [0, 0.05) is 12.5 Å². The molecule has 0 atom stereocenters. The third kappa shape index (κ3) is 4.57. The number of nitrogens with zero attached hydrogens (tertiary/aromatic N) is 1. The van der Waals surface area contributed by atoms with E-state index in [9.17, 15) is 15.0 Å². The lowest BCUT2D eigenvalue weighted by molar-refractivity contribution is -0.122. The van der Waals surface area contributed by atoms with Crippen LogP contribution in [0, 0.1) is 0 Å². The number of amides is 1. The molecule has 5 nitrogen and oxygen atoms in total. The van der Waals surface area contributed by atoms with Gasteiger partial charge >= 0.3 is 0 Å². The Morgan fingerprint density at radius 1 is 1.16 bits per heavy atom. The molecule has 1 aromatic carbocycles.